The Morgan fingerprint density at radius 2 is 2.11 bits per heavy atom. The lowest BCUT2D eigenvalue weighted by Crippen LogP contribution is -2.45. The Kier molecular flexibility index (Phi) is 3.64. The van der Waals surface area contributed by atoms with Crippen LogP contribution >= 0.6 is 11.3 Å². The predicted octanol–water partition coefficient (Wildman–Crippen LogP) is 2.49. The molecule has 2 fully saturated rings. The molecule has 2 aliphatic rings. The quantitative estimate of drug-likeness (QED) is 0.834. The number of hydrogen-bond donors (Lipinski definition) is 0. The number of piperidine rings is 1. The molecule has 106 valence electrons. The smallest absolute Gasteiger partial charge is 0.171 e. The van der Waals surface area contributed by atoms with Gasteiger partial charge in [-0.2, -0.15) is 0 Å². The lowest BCUT2D eigenvalue weighted by atomic mass is 10.0. The molecule has 2 aliphatic heterocycles. The summed E-state index contributed by atoms with van der Waals surface area (Å²) >= 11 is 1.82. The molecule has 1 aromatic rings. The van der Waals surface area contributed by atoms with E-state index in [1.54, 1.807) is 0 Å². The largest absolute Gasteiger partial charge is 0.347 e. The van der Waals surface area contributed by atoms with E-state index in [-0.39, 0.29) is 11.9 Å². The van der Waals surface area contributed by atoms with E-state index in [0.29, 0.717) is 0 Å². The highest BCUT2D eigenvalue weighted by Crippen LogP contribution is 2.34. The molecule has 3 heterocycles. The third kappa shape index (κ3) is 2.84. The van der Waals surface area contributed by atoms with Crippen molar-refractivity contribution in [2.45, 2.75) is 52.0 Å². The number of ether oxygens (including phenoxy) is 2. The lowest BCUT2D eigenvalue weighted by Gasteiger charge is -2.37. The van der Waals surface area contributed by atoms with Crippen LogP contribution in [-0.2, 0) is 16.0 Å². The first-order valence-corrected chi connectivity index (χ1v) is 7.85. The lowest BCUT2D eigenvalue weighted by molar-refractivity contribution is -0.194. The van der Waals surface area contributed by atoms with Gasteiger partial charge in [-0.05, 0) is 20.8 Å². The Balaban J connectivity index is 1.56. The molecule has 0 unspecified atom stereocenters. The summed E-state index contributed by atoms with van der Waals surface area (Å²) in [6, 6.07) is 0. The van der Waals surface area contributed by atoms with Crippen LogP contribution in [0.3, 0.4) is 0 Å². The second-order valence-electron chi connectivity index (χ2n) is 5.68. The topological polar surface area (TPSA) is 34.6 Å². The van der Waals surface area contributed by atoms with Crippen LogP contribution in [0.25, 0.3) is 0 Å². The maximum absolute atomic E-state index is 5.95. The second-order valence-corrected chi connectivity index (χ2v) is 6.96. The van der Waals surface area contributed by atoms with E-state index < -0.39 is 0 Å². The minimum absolute atomic E-state index is 0.246. The minimum Gasteiger partial charge on any atom is -0.347 e. The van der Waals surface area contributed by atoms with Crippen molar-refractivity contribution in [2.75, 3.05) is 19.7 Å². The summed E-state index contributed by atoms with van der Waals surface area (Å²) in [5.41, 5.74) is 1.17. The number of aromatic nitrogens is 1. The van der Waals surface area contributed by atoms with Crippen LogP contribution in [0.2, 0.25) is 0 Å². The SMILES string of the molecule is Cc1nc(CN2CCC3(CC2)OC[C@@H](C)O3)sc1C. The molecule has 5 heteroatoms. The fraction of sp³-hybridized carbons (Fsp3) is 0.786. The van der Waals surface area contributed by atoms with Gasteiger partial charge in [0.1, 0.15) is 5.01 Å². The standard InChI is InChI=1S/C14H22N2O2S/c1-10-9-17-14(18-10)4-6-16(7-5-14)8-13-15-11(2)12(3)19-13/h10H,4-9H2,1-3H3/t10-/m1/s1. The van der Waals surface area contributed by atoms with Gasteiger partial charge in [-0.15, -0.1) is 11.3 Å². The number of thiazole rings is 1. The van der Waals surface area contributed by atoms with E-state index in [1.807, 2.05) is 11.3 Å². The van der Waals surface area contributed by atoms with Crippen LogP contribution in [0.1, 0.15) is 35.3 Å². The molecule has 19 heavy (non-hydrogen) atoms. The number of likely N-dealkylation sites (tertiary alicyclic amines) is 1. The zero-order valence-corrected chi connectivity index (χ0v) is 12.8. The Bertz CT molecular complexity index is 433. The summed E-state index contributed by atoms with van der Waals surface area (Å²) in [5.74, 6) is -0.287. The molecule has 1 spiro atoms. The average Bonchev–Trinajstić information content (AvgIpc) is 2.88. The first-order valence-electron chi connectivity index (χ1n) is 7.03. The van der Waals surface area contributed by atoms with E-state index >= 15 is 0 Å². The minimum atomic E-state index is -0.287. The average molecular weight is 282 g/mol. The van der Waals surface area contributed by atoms with Crippen molar-refractivity contribution in [1.29, 1.82) is 0 Å². The fourth-order valence-electron chi connectivity index (χ4n) is 2.82. The van der Waals surface area contributed by atoms with Crippen molar-refractivity contribution in [2.24, 2.45) is 0 Å². The highest BCUT2D eigenvalue weighted by atomic mass is 32.1. The molecule has 1 atom stereocenters. The molecule has 0 aromatic carbocycles. The van der Waals surface area contributed by atoms with Crippen molar-refractivity contribution < 1.29 is 9.47 Å². The van der Waals surface area contributed by atoms with Crippen LogP contribution in [0.5, 0.6) is 0 Å². The summed E-state index contributed by atoms with van der Waals surface area (Å²) in [7, 11) is 0. The van der Waals surface area contributed by atoms with Gasteiger partial charge < -0.3 is 9.47 Å². The van der Waals surface area contributed by atoms with Gasteiger partial charge in [0.05, 0.1) is 24.9 Å². The predicted molar refractivity (Wildman–Crippen MR) is 75.3 cm³/mol. The van der Waals surface area contributed by atoms with Crippen LogP contribution in [0, 0.1) is 13.8 Å². The molecular weight excluding hydrogens is 260 g/mol. The Labute approximate surface area is 118 Å². The van der Waals surface area contributed by atoms with Crippen molar-refractivity contribution in [3.8, 4) is 0 Å². The summed E-state index contributed by atoms with van der Waals surface area (Å²) in [4.78, 5) is 8.41. The van der Waals surface area contributed by atoms with Crippen LogP contribution in [-0.4, -0.2) is 41.5 Å². The molecule has 0 radical (unpaired) electrons. The Morgan fingerprint density at radius 3 is 2.63 bits per heavy atom. The van der Waals surface area contributed by atoms with Crippen molar-refractivity contribution in [1.82, 2.24) is 9.88 Å². The van der Waals surface area contributed by atoms with Gasteiger partial charge in [0.15, 0.2) is 5.79 Å². The van der Waals surface area contributed by atoms with Crippen LogP contribution in [0.15, 0.2) is 0 Å². The van der Waals surface area contributed by atoms with E-state index in [9.17, 15) is 0 Å². The maximum atomic E-state index is 5.95. The zero-order chi connectivity index (χ0) is 13.5. The first kappa shape index (κ1) is 13.5. The third-order valence-corrected chi connectivity index (χ3v) is 5.10. The summed E-state index contributed by atoms with van der Waals surface area (Å²) in [6.07, 6.45) is 2.19. The molecule has 2 saturated heterocycles. The molecule has 3 rings (SSSR count). The molecule has 4 nitrogen and oxygen atoms in total. The zero-order valence-electron chi connectivity index (χ0n) is 11.9. The Morgan fingerprint density at radius 1 is 1.37 bits per heavy atom. The number of nitrogens with zero attached hydrogens (tertiary/aromatic N) is 2. The third-order valence-electron chi connectivity index (χ3n) is 4.05. The monoisotopic (exact) mass is 282 g/mol. The molecule has 0 bridgehead atoms. The van der Waals surface area contributed by atoms with Gasteiger partial charge in [0.25, 0.3) is 0 Å². The van der Waals surface area contributed by atoms with Gasteiger partial charge in [-0.25, -0.2) is 4.98 Å². The van der Waals surface area contributed by atoms with E-state index in [2.05, 4.69) is 30.7 Å². The summed E-state index contributed by atoms with van der Waals surface area (Å²) < 4.78 is 11.8. The molecule has 1 aromatic heterocycles. The first-order chi connectivity index (χ1) is 9.06. The number of aryl methyl sites for hydroxylation is 2. The molecule has 0 amide bonds. The van der Waals surface area contributed by atoms with Gasteiger partial charge in [0, 0.05) is 30.8 Å². The van der Waals surface area contributed by atoms with E-state index in [4.69, 9.17) is 9.47 Å². The normalized spacial score (nSPS) is 27.2. The number of hydrogen-bond acceptors (Lipinski definition) is 5. The fourth-order valence-corrected chi connectivity index (χ4v) is 3.79. The highest BCUT2D eigenvalue weighted by molar-refractivity contribution is 7.11. The van der Waals surface area contributed by atoms with Gasteiger partial charge in [0.2, 0.25) is 0 Å². The van der Waals surface area contributed by atoms with Gasteiger partial charge in [-0.1, -0.05) is 0 Å². The van der Waals surface area contributed by atoms with Crippen molar-refractivity contribution >= 4 is 11.3 Å². The van der Waals surface area contributed by atoms with E-state index in [0.717, 1.165) is 39.1 Å². The molecular formula is C14H22N2O2S. The van der Waals surface area contributed by atoms with Crippen LogP contribution in [0.4, 0.5) is 0 Å². The molecule has 0 saturated carbocycles. The summed E-state index contributed by atoms with van der Waals surface area (Å²) in [6.45, 7) is 10.1. The maximum Gasteiger partial charge on any atom is 0.171 e. The molecule has 0 aliphatic carbocycles. The highest BCUT2D eigenvalue weighted by Gasteiger charge is 2.42. The number of rotatable bonds is 2. The van der Waals surface area contributed by atoms with Crippen molar-refractivity contribution in [3.05, 3.63) is 15.6 Å². The molecule has 0 N–H and O–H groups in total. The van der Waals surface area contributed by atoms with Crippen LogP contribution < -0.4 is 0 Å². The van der Waals surface area contributed by atoms with Gasteiger partial charge in [-0.3, -0.25) is 4.90 Å². The van der Waals surface area contributed by atoms with Crippen molar-refractivity contribution in [3.63, 3.8) is 0 Å². The summed E-state index contributed by atoms with van der Waals surface area (Å²) in [5, 5.41) is 1.23. The second kappa shape index (κ2) is 5.13. The van der Waals surface area contributed by atoms with Gasteiger partial charge >= 0.3 is 0 Å². The van der Waals surface area contributed by atoms with E-state index in [1.165, 1.54) is 15.6 Å². The Hall–Kier alpha value is -0.490.